The lowest BCUT2D eigenvalue weighted by atomic mass is 10.0. The van der Waals surface area contributed by atoms with Crippen molar-refractivity contribution in [1.29, 1.82) is 0 Å². The zero-order valence-electron chi connectivity index (χ0n) is 23.5. The fraction of sp³-hybridized carbons (Fsp3) is 0.0938. The number of amides is 1. The van der Waals surface area contributed by atoms with Gasteiger partial charge in [0.05, 0.1) is 42.1 Å². The number of rotatable bonds is 7. The van der Waals surface area contributed by atoms with Gasteiger partial charge in [0, 0.05) is 29.0 Å². The highest BCUT2D eigenvalue weighted by Gasteiger charge is 2.16. The molecule has 0 aliphatic carbocycles. The summed E-state index contributed by atoms with van der Waals surface area (Å²) in [6, 6.07) is 23.8. The average molecular weight is 572 g/mol. The molecule has 0 saturated carbocycles. The van der Waals surface area contributed by atoms with Crippen molar-refractivity contribution in [2.24, 2.45) is 0 Å². The van der Waals surface area contributed by atoms with Gasteiger partial charge in [-0.1, -0.05) is 59.0 Å². The molecule has 0 fully saturated rings. The van der Waals surface area contributed by atoms with E-state index in [9.17, 15) is 14.4 Å². The summed E-state index contributed by atoms with van der Waals surface area (Å²) in [7, 11) is 1.30. The van der Waals surface area contributed by atoms with Gasteiger partial charge in [-0.15, -0.1) is 10.2 Å². The highest BCUT2D eigenvalue weighted by molar-refractivity contribution is 6.08. The van der Waals surface area contributed by atoms with E-state index in [4.69, 9.17) is 4.74 Å². The van der Waals surface area contributed by atoms with Gasteiger partial charge >= 0.3 is 5.97 Å². The summed E-state index contributed by atoms with van der Waals surface area (Å²) in [5.41, 5.74) is 5.49. The van der Waals surface area contributed by atoms with Gasteiger partial charge in [-0.25, -0.2) is 14.2 Å². The molecule has 1 amide bonds. The second-order valence-electron chi connectivity index (χ2n) is 9.82. The summed E-state index contributed by atoms with van der Waals surface area (Å²) < 4.78 is 8.03. The lowest BCUT2D eigenvalue weighted by molar-refractivity contribution is -0.114. The van der Waals surface area contributed by atoms with Crippen LogP contribution in [0.3, 0.4) is 0 Å². The van der Waals surface area contributed by atoms with E-state index < -0.39 is 5.97 Å². The van der Waals surface area contributed by atoms with E-state index in [1.165, 1.54) is 18.7 Å². The maximum atomic E-state index is 12.2. The second kappa shape index (κ2) is 11.1. The minimum absolute atomic E-state index is 0.00159. The molecule has 0 atom stereocenters. The van der Waals surface area contributed by atoms with Crippen molar-refractivity contribution in [2.75, 3.05) is 12.4 Å². The summed E-state index contributed by atoms with van der Waals surface area (Å²) in [5, 5.41) is 21.9. The van der Waals surface area contributed by atoms with Crippen molar-refractivity contribution < 1.29 is 19.1 Å². The Kier molecular flexibility index (Phi) is 7.04. The molecule has 43 heavy (non-hydrogen) atoms. The number of hydrogen-bond donors (Lipinski definition) is 1. The van der Waals surface area contributed by atoms with Crippen molar-refractivity contribution in [3.8, 4) is 33.9 Å². The predicted octanol–water partition coefficient (Wildman–Crippen LogP) is 5.28. The number of Topliss-reactive ketones (excluding diaryl/α,β-unsaturated/α-hetero) is 1. The Labute approximate surface area is 245 Å². The molecule has 4 aromatic carbocycles. The van der Waals surface area contributed by atoms with Crippen molar-refractivity contribution in [1.82, 2.24) is 30.0 Å². The van der Waals surface area contributed by atoms with E-state index in [0.29, 0.717) is 33.9 Å². The first kappa shape index (κ1) is 27.2. The Morgan fingerprint density at radius 1 is 0.721 bits per heavy atom. The maximum Gasteiger partial charge on any atom is 0.337 e. The first-order chi connectivity index (χ1) is 20.8. The number of hydrogen-bond acceptors (Lipinski definition) is 8. The molecule has 11 nitrogen and oxygen atoms in total. The molecule has 11 heteroatoms. The predicted molar refractivity (Wildman–Crippen MR) is 160 cm³/mol. The molecule has 2 aromatic heterocycles. The fourth-order valence-corrected chi connectivity index (χ4v) is 4.93. The van der Waals surface area contributed by atoms with Crippen LogP contribution < -0.4 is 5.32 Å². The number of carbonyl (C=O) groups excluding carboxylic acids is 3. The molecule has 0 aliphatic heterocycles. The number of nitrogens with zero attached hydrogens (tertiary/aromatic N) is 6. The summed E-state index contributed by atoms with van der Waals surface area (Å²) in [5.74, 6) is -0.784. The van der Waals surface area contributed by atoms with Gasteiger partial charge in [0.25, 0.3) is 0 Å². The third kappa shape index (κ3) is 5.26. The molecule has 1 N–H and O–H groups in total. The average Bonchev–Trinajstić information content (AvgIpc) is 3.71. The van der Waals surface area contributed by atoms with E-state index in [0.717, 1.165) is 27.6 Å². The van der Waals surface area contributed by atoms with Gasteiger partial charge in [0.2, 0.25) is 5.91 Å². The molecular formula is C32H25N7O4. The van der Waals surface area contributed by atoms with Crippen molar-refractivity contribution in [3.63, 3.8) is 0 Å². The van der Waals surface area contributed by atoms with E-state index in [1.807, 2.05) is 66.9 Å². The number of fused-ring (bicyclic) bond motifs is 1. The van der Waals surface area contributed by atoms with E-state index in [2.05, 4.69) is 25.9 Å². The summed E-state index contributed by atoms with van der Waals surface area (Å²) in [6.45, 7) is 2.96. The normalized spacial score (nSPS) is 11.0. The highest BCUT2D eigenvalue weighted by atomic mass is 16.5. The number of nitrogens with one attached hydrogen (secondary N) is 1. The maximum absolute atomic E-state index is 12.2. The molecule has 0 saturated heterocycles. The third-order valence-corrected chi connectivity index (χ3v) is 6.94. The fourth-order valence-electron chi connectivity index (χ4n) is 4.93. The Morgan fingerprint density at radius 3 is 2.00 bits per heavy atom. The second-order valence-corrected chi connectivity index (χ2v) is 9.82. The molecule has 0 spiro atoms. The van der Waals surface area contributed by atoms with Crippen LogP contribution in [-0.4, -0.2) is 54.8 Å². The minimum atomic E-state index is -0.514. The lowest BCUT2D eigenvalue weighted by Gasteiger charge is -2.11. The molecule has 2 heterocycles. The zero-order chi connectivity index (χ0) is 30.1. The number of ketones is 1. The standard InChI is InChI=1S/C32H25N7O4/c1-19(40)24-9-5-11-26-25(24)10-6-12-30(26)38-17-28(34-36-38)21-7-4-8-22(15-21)29-18-39(37-35-29)31-16-23(32(42)43-3)13-14-27(31)33-20(2)41/h4-18H,1-3H3,(H,33,41). The van der Waals surface area contributed by atoms with Crippen LogP contribution in [0, 0.1) is 0 Å². The van der Waals surface area contributed by atoms with Crippen molar-refractivity contribution >= 4 is 34.1 Å². The Balaban J connectivity index is 1.34. The number of carbonyl (C=O) groups is 3. The Morgan fingerprint density at radius 2 is 1.35 bits per heavy atom. The van der Waals surface area contributed by atoms with Crippen LogP contribution in [0.25, 0.3) is 44.7 Å². The third-order valence-electron chi connectivity index (χ3n) is 6.94. The van der Waals surface area contributed by atoms with Gasteiger partial charge in [0.1, 0.15) is 11.4 Å². The molecule has 6 aromatic rings. The molecule has 0 radical (unpaired) electrons. The SMILES string of the molecule is COC(=O)c1ccc(NC(C)=O)c(-n2cc(-c3cccc(-c4cn(-c5cccc6c(C(C)=O)cccc56)nn4)c3)nn2)c1. The van der Waals surface area contributed by atoms with Gasteiger partial charge < -0.3 is 10.1 Å². The minimum Gasteiger partial charge on any atom is -0.465 e. The molecule has 212 valence electrons. The number of anilines is 1. The molecule has 0 aliphatic rings. The van der Waals surface area contributed by atoms with Crippen molar-refractivity contribution in [3.05, 3.63) is 102 Å². The van der Waals surface area contributed by atoms with E-state index in [-0.39, 0.29) is 11.7 Å². The Hall–Kier alpha value is -5.97. The van der Waals surface area contributed by atoms with Crippen LogP contribution in [0.1, 0.15) is 34.6 Å². The Bertz CT molecular complexity index is 2040. The van der Waals surface area contributed by atoms with Gasteiger partial charge in [-0.3, -0.25) is 9.59 Å². The molecule has 0 unspecified atom stereocenters. The lowest BCUT2D eigenvalue weighted by Crippen LogP contribution is -2.11. The molecular weight excluding hydrogens is 546 g/mol. The van der Waals surface area contributed by atoms with Crippen LogP contribution in [0.2, 0.25) is 0 Å². The van der Waals surface area contributed by atoms with Crippen LogP contribution in [0.4, 0.5) is 5.69 Å². The van der Waals surface area contributed by atoms with Gasteiger partial charge in [0.15, 0.2) is 5.78 Å². The van der Waals surface area contributed by atoms with Gasteiger partial charge in [-0.2, -0.15) is 0 Å². The van der Waals surface area contributed by atoms with Crippen LogP contribution >= 0.6 is 0 Å². The smallest absolute Gasteiger partial charge is 0.337 e. The largest absolute Gasteiger partial charge is 0.465 e. The highest BCUT2D eigenvalue weighted by Crippen LogP contribution is 2.29. The number of esters is 1. The first-order valence-corrected chi connectivity index (χ1v) is 13.3. The summed E-state index contributed by atoms with van der Waals surface area (Å²) in [4.78, 5) is 36.1. The number of aromatic nitrogens is 6. The first-order valence-electron chi connectivity index (χ1n) is 13.3. The van der Waals surface area contributed by atoms with Crippen LogP contribution in [0.15, 0.2) is 91.3 Å². The van der Waals surface area contributed by atoms with Crippen molar-refractivity contribution in [2.45, 2.75) is 13.8 Å². The van der Waals surface area contributed by atoms with Crippen LogP contribution in [-0.2, 0) is 9.53 Å². The number of benzene rings is 4. The molecule has 0 bridgehead atoms. The quantitative estimate of drug-likeness (QED) is 0.202. The monoisotopic (exact) mass is 571 g/mol. The molecule has 6 rings (SSSR count). The van der Waals surface area contributed by atoms with E-state index in [1.54, 1.807) is 36.0 Å². The topological polar surface area (TPSA) is 134 Å². The van der Waals surface area contributed by atoms with Crippen LogP contribution in [0.5, 0.6) is 0 Å². The summed E-state index contributed by atoms with van der Waals surface area (Å²) in [6.07, 6.45) is 3.55. The number of methoxy groups -OCH3 is 1. The summed E-state index contributed by atoms with van der Waals surface area (Å²) >= 11 is 0. The zero-order valence-corrected chi connectivity index (χ0v) is 23.5. The number of ether oxygens (including phenoxy) is 1. The van der Waals surface area contributed by atoms with E-state index >= 15 is 0 Å². The van der Waals surface area contributed by atoms with Gasteiger partial charge in [-0.05, 0) is 42.6 Å².